The highest BCUT2D eigenvalue weighted by Crippen LogP contribution is 2.31. The maximum Gasteiger partial charge on any atom is 0.142 e. The number of hydrogen-bond acceptors (Lipinski definition) is 2. The molecule has 1 aliphatic rings. The van der Waals surface area contributed by atoms with Gasteiger partial charge in [-0.15, -0.1) is 0 Å². The van der Waals surface area contributed by atoms with Crippen LogP contribution in [0, 0.1) is 5.92 Å². The second-order valence-corrected chi connectivity index (χ2v) is 4.45. The number of halogens is 1. The van der Waals surface area contributed by atoms with Gasteiger partial charge in [-0.1, -0.05) is 30.2 Å². The van der Waals surface area contributed by atoms with Crippen molar-refractivity contribution in [2.24, 2.45) is 11.7 Å². The van der Waals surface area contributed by atoms with E-state index in [9.17, 15) is 0 Å². The molecule has 2 rings (SSSR count). The van der Waals surface area contributed by atoms with Crippen LogP contribution in [0.5, 0.6) is 5.75 Å². The maximum atomic E-state index is 6.07. The highest BCUT2D eigenvalue weighted by molar-refractivity contribution is 6.32. The van der Waals surface area contributed by atoms with E-state index in [0.29, 0.717) is 17.5 Å². The zero-order valence-electron chi connectivity index (χ0n) is 8.71. The molecule has 0 amide bonds. The van der Waals surface area contributed by atoms with E-state index in [4.69, 9.17) is 22.1 Å². The summed E-state index contributed by atoms with van der Waals surface area (Å²) in [5, 5.41) is 0.664. The van der Waals surface area contributed by atoms with Crippen LogP contribution < -0.4 is 10.5 Å². The molecule has 15 heavy (non-hydrogen) atoms. The lowest BCUT2D eigenvalue weighted by atomic mass is 9.86. The molecule has 1 aromatic carbocycles. The molecule has 0 atom stereocenters. The van der Waals surface area contributed by atoms with E-state index < -0.39 is 0 Å². The Hall–Kier alpha value is -0.730. The first-order valence-electron chi connectivity index (χ1n) is 5.41. The number of hydrogen-bond donors (Lipinski definition) is 1. The molecule has 1 aliphatic carbocycles. The molecule has 0 unspecified atom stereocenters. The van der Waals surface area contributed by atoms with Crippen LogP contribution in [0.4, 0.5) is 0 Å². The number of nitrogens with two attached hydrogens (primary N) is 1. The van der Waals surface area contributed by atoms with Gasteiger partial charge >= 0.3 is 0 Å². The SMILES string of the molecule is NCc1cccc(Cl)c1OCC1CCC1. The predicted molar refractivity (Wildman–Crippen MR) is 62.2 cm³/mol. The fourth-order valence-electron chi connectivity index (χ4n) is 1.74. The molecule has 82 valence electrons. The van der Waals surface area contributed by atoms with E-state index in [1.165, 1.54) is 19.3 Å². The van der Waals surface area contributed by atoms with Crippen LogP contribution in [0.25, 0.3) is 0 Å². The third kappa shape index (κ3) is 2.44. The van der Waals surface area contributed by atoms with Gasteiger partial charge in [-0.2, -0.15) is 0 Å². The average molecular weight is 226 g/mol. The summed E-state index contributed by atoms with van der Waals surface area (Å²) >= 11 is 6.07. The van der Waals surface area contributed by atoms with Crippen LogP contribution in [-0.4, -0.2) is 6.61 Å². The van der Waals surface area contributed by atoms with Gasteiger partial charge in [-0.05, 0) is 24.8 Å². The minimum Gasteiger partial charge on any atom is -0.491 e. The van der Waals surface area contributed by atoms with E-state index in [-0.39, 0.29) is 0 Å². The molecule has 0 aliphatic heterocycles. The Balaban J connectivity index is 2.04. The summed E-state index contributed by atoms with van der Waals surface area (Å²) in [4.78, 5) is 0. The Morgan fingerprint density at radius 1 is 1.40 bits per heavy atom. The summed E-state index contributed by atoms with van der Waals surface area (Å²) in [6.07, 6.45) is 3.89. The van der Waals surface area contributed by atoms with Crippen molar-refractivity contribution in [1.82, 2.24) is 0 Å². The van der Waals surface area contributed by atoms with Crippen LogP contribution in [0.3, 0.4) is 0 Å². The summed E-state index contributed by atoms with van der Waals surface area (Å²) in [5.41, 5.74) is 6.62. The molecule has 2 N–H and O–H groups in total. The Bertz CT molecular complexity index is 336. The molecule has 0 spiro atoms. The van der Waals surface area contributed by atoms with Crippen molar-refractivity contribution in [3.05, 3.63) is 28.8 Å². The van der Waals surface area contributed by atoms with Crippen LogP contribution in [0.15, 0.2) is 18.2 Å². The minimum atomic E-state index is 0.473. The Kier molecular flexibility index (Phi) is 3.49. The second kappa shape index (κ2) is 4.86. The fourth-order valence-corrected chi connectivity index (χ4v) is 1.99. The van der Waals surface area contributed by atoms with Crippen molar-refractivity contribution in [2.75, 3.05) is 6.61 Å². The van der Waals surface area contributed by atoms with Gasteiger partial charge in [0.25, 0.3) is 0 Å². The van der Waals surface area contributed by atoms with Crippen molar-refractivity contribution < 1.29 is 4.74 Å². The molecule has 1 fully saturated rings. The second-order valence-electron chi connectivity index (χ2n) is 4.04. The molecule has 0 radical (unpaired) electrons. The van der Waals surface area contributed by atoms with Crippen molar-refractivity contribution in [1.29, 1.82) is 0 Å². The van der Waals surface area contributed by atoms with E-state index >= 15 is 0 Å². The van der Waals surface area contributed by atoms with Crippen LogP contribution in [-0.2, 0) is 6.54 Å². The first kappa shape index (κ1) is 10.8. The van der Waals surface area contributed by atoms with Crippen LogP contribution >= 0.6 is 11.6 Å². The fraction of sp³-hybridized carbons (Fsp3) is 0.500. The van der Waals surface area contributed by atoms with Crippen LogP contribution in [0.2, 0.25) is 5.02 Å². The summed E-state index contributed by atoms with van der Waals surface area (Å²) in [6.45, 7) is 1.25. The molecule has 0 aromatic heterocycles. The van der Waals surface area contributed by atoms with E-state index in [0.717, 1.165) is 17.9 Å². The number of para-hydroxylation sites is 1. The Labute approximate surface area is 95.4 Å². The summed E-state index contributed by atoms with van der Waals surface area (Å²) in [6, 6.07) is 5.71. The zero-order chi connectivity index (χ0) is 10.7. The van der Waals surface area contributed by atoms with Crippen molar-refractivity contribution >= 4 is 11.6 Å². The topological polar surface area (TPSA) is 35.2 Å². The number of benzene rings is 1. The zero-order valence-corrected chi connectivity index (χ0v) is 9.46. The maximum absolute atomic E-state index is 6.07. The molecular weight excluding hydrogens is 210 g/mol. The molecule has 0 bridgehead atoms. The van der Waals surface area contributed by atoms with Gasteiger partial charge in [-0.3, -0.25) is 0 Å². The lowest BCUT2D eigenvalue weighted by Crippen LogP contribution is -2.20. The van der Waals surface area contributed by atoms with Gasteiger partial charge in [0.05, 0.1) is 11.6 Å². The number of rotatable bonds is 4. The molecule has 2 nitrogen and oxygen atoms in total. The van der Waals surface area contributed by atoms with E-state index in [1.807, 2.05) is 18.2 Å². The summed E-state index contributed by atoms with van der Waals surface area (Å²) in [7, 11) is 0. The smallest absolute Gasteiger partial charge is 0.142 e. The summed E-state index contributed by atoms with van der Waals surface area (Å²) < 4.78 is 5.75. The lowest BCUT2D eigenvalue weighted by Gasteiger charge is -2.25. The third-order valence-electron chi connectivity index (χ3n) is 2.96. The predicted octanol–water partition coefficient (Wildman–Crippen LogP) is 2.98. The highest BCUT2D eigenvalue weighted by atomic mass is 35.5. The Morgan fingerprint density at radius 2 is 2.20 bits per heavy atom. The monoisotopic (exact) mass is 225 g/mol. The van der Waals surface area contributed by atoms with Gasteiger partial charge in [0.1, 0.15) is 5.75 Å². The molecular formula is C12H16ClNO. The first-order valence-corrected chi connectivity index (χ1v) is 5.79. The third-order valence-corrected chi connectivity index (χ3v) is 3.25. The largest absolute Gasteiger partial charge is 0.491 e. The molecule has 1 aromatic rings. The lowest BCUT2D eigenvalue weighted by molar-refractivity contribution is 0.179. The molecule has 0 heterocycles. The first-order chi connectivity index (χ1) is 7.31. The van der Waals surface area contributed by atoms with Crippen LogP contribution in [0.1, 0.15) is 24.8 Å². The van der Waals surface area contributed by atoms with Gasteiger partial charge in [0.2, 0.25) is 0 Å². The van der Waals surface area contributed by atoms with Gasteiger partial charge < -0.3 is 10.5 Å². The van der Waals surface area contributed by atoms with Crippen molar-refractivity contribution in [3.63, 3.8) is 0 Å². The van der Waals surface area contributed by atoms with Crippen molar-refractivity contribution in [2.45, 2.75) is 25.8 Å². The van der Waals surface area contributed by atoms with E-state index in [2.05, 4.69) is 0 Å². The van der Waals surface area contributed by atoms with E-state index in [1.54, 1.807) is 0 Å². The Morgan fingerprint density at radius 3 is 2.80 bits per heavy atom. The molecule has 0 saturated heterocycles. The van der Waals surface area contributed by atoms with Crippen molar-refractivity contribution in [3.8, 4) is 5.75 Å². The average Bonchev–Trinajstić information content (AvgIpc) is 2.17. The number of ether oxygens (including phenoxy) is 1. The highest BCUT2D eigenvalue weighted by Gasteiger charge is 2.19. The normalized spacial score (nSPS) is 16.1. The standard InChI is InChI=1S/C12H16ClNO/c13-11-6-2-5-10(7-14)12(11)15-8-9-3-1-4-9/h2,5-6,9H,1,3-4,7-8,14H2. The molecule has 1 saturated carbocycles. The summed E-state index contributed by atoms with van der Waals surface area (Å²) in [5.74, 6) is 1.49. The van der Waals surface area contributed by atoms with Gasteiger partial charge in [0.15, 0.2) is 0 Å². The van der Waals surface area contributed by atoms with Gasteiger partial charge in [0, 0.05) is 12.1 Å². The molecule has 3 heteroatoms. The minimum absolute atomic E-state index is 0.473. The quantitative estimate of drug-likeness (QED) is 0.855. The van der Waals surface area contributed by atoms with Gasteiger partial charge in [-0.25, -0.2) is 0 Å².